The van der Waals surface area contributed by atoms with Crippen molar-refractivity contribution in [3.63, 3.8) is 0 Å². The average Bonchev–Trinajstić information content (AvgIpc) is 2.89. The fourth-order valence-electron chi connectivity index (χ4n) is 2.00. The number of halogens is 1. The van der Waals surface area contributed by atoms with Crippen molar-refractivity contribution in [3.8, 4) is 0 Å². The lowest BCUT2D eigenvalue weighted by atomic mass is 10.1. The standard InChI is InChI=1S/C15H12ClNO/c16-13-8-4-7-12(9-13)15-17-14(10-18-15)11-5-2-1-3-6-11/h1-9,14H,10H2/t14-/m0/s1. The topological polar surface area (TPSA) is 21.6 Å². The number of nitrogens with zero attached hydrogens (tertiary/aromatic N) is 1. The second kappa shape index (κ2) is 4.83. The highest BCUT2D eigenvalue weighted by molar-refractivity contribution is 6.30. The van der Waals surface area contributed by atoms with E-state index in [-0.39, 0.29) is 6.04 Å². The third kappa shape index (κ3) is 2.24. The summed E-state index contributed by atoms with van der Waals surface area (Å²) in [5.74, 6) is 0.673. The first-order valence-corrected chi connectivity index (χ1v) is 6.22. The number of ether oxygens (including phenoxy) is 1. The number of rotatable bonds is 2. The van der Waals surface area contributed by atoms with Crippen LogP contribution < -0.4 is 0 Å². The van der Waals surface area contributed by atoms with Crippen molar-refractivity contribution in [2.24, 2.45) is 4.99 Å². The zero-order valence-corrected chi connectivity index (χ0v) is 10.5. The second-order valence-electron chi connectivity index (χ2n) is 4.18. The smallest absolute Gasteiger partial charge is 0.216 e. The molecule has 2 nitrogen and oxygen atoms in total. The van der Waals surface area contributed by atoms with E-state index in [1.165, 1.54) is 5.56 Å². The molecule has 1 aliphatic rings. The third-order valence-corrected chi connectivity index (χ3v) is 3.14. The Hall–Kier alpha value is -1.80. The molecule has 0 bridgehead atoms. The molecule has 2 aromatic carbocycles. The summed E-state index contributed by atoms with van der Waals surface area (Å²) in [5, 5.41) is 0.696. The second-order valence-corrected chi connectivity index (χ2v) is 4.62. The Kier molecular flexibility index (Phi) is 3.03. The van der Waals surface area contributed by atoms with Gasteiger partial charge in [-0.15, -0.1) is 0 Å². The minimum Gasteiger partial charge on any atom is -0.475 e. The maximum Gasteiger partial charge on any atom is 0.216 e. The largest absolute Gasteiger partial charge is 0.475 e. The van der Waals surface area contributed by atoms with Crippen LogP contribution in [0, 0.1) is 0 Å². The van der Waals surface area contributed by atoms with Gasteiger partial charge in [-0.1, -0.05) is 48.0 Å². The van der Waals surface area contributed by atoms with Gasteiger partial charge in [-0.25, -0.2) is 4.99 Å². The predicted octanol–water partition coefficient (Wildman–Crippen LogP) is 3.86. The van der Waals surface area contributed by atoms with Crippen molar-refractivity contribution >= 4 is 17.5 Å². The van der Waals surface area contributed by atoms with Crippen LogP contribution in [-0.4, -0.2) is 12.5 Å². The fourth-order valence-corrected chi connectivity index (χ4v) is 2.19. The highest BCUT2D eigenvalue weighted by Crippen LogP contribution is 2.25. The van der Waals surface area contributed by atoms with Crippen LogP contribution in [0.15, 0.2) is 59.6 Å². The van der Waals surface area contributed by atoms with Gasteiger partial charge in [-0.2, -0.15) is 0 Å². The van der Waals surface area contributed by atoms with Gasteiger partial charge in [-0.05, 0) is 23.8 Å². The first-order chi connectivity index (χ1) is 8.83. The Morgan fingerprint density at radius 3 is 2.67 bits per heavy atom. The Labute approximate surface area is 111 Å². The lowest BCUT2D eigenvalue weighted by Crippen LogP contribution is -2.01. The molecular formula is C15H12ClNO. The molecule has 0 saturated carbocycles. The Balaban J connectivity index is 1.88. The molecule has 90 valence electrons. The monoisotopic (exact) mass is 257 g/mol. The molecule has 0 amide bonds. The predicted molar refractivity (Wildman–Crippen MR) is 73.1 cm³/mol. The highest BCUT2D eigenvalue weighted by atomic mass is 35.5. The van der Waals surface area contributed by atoms with Crippen molar-refractivity contribution in [2.75, 3.05) is 6.61 Å². The van der Waals surface area contributed by atoms with E-state index in [1.54, 1.807) is 0 Å². The van der Waals surface area contributed by atoms with Crippen LogP contribution in [0.2, 0.25) is 5.02 Å². The van der Waals surface area contributed by atoms with Crippen LogP contribution in [0.3, 0.4) is 0 Å². The maximum absolute atomic E-state index is 5.97. The van der Waals surface area contributed by atoms with E-state index in [0.717, 1.165) is 5.56 Å². The third-order valence-electron chi connectivity index (χ3n) is 2.91. The van der Waals surface area contributed by atoms with E-state index in [2.05, 4.69) is 17.1 Å². The lowest BCUT2D eigenvalue weighted by Gasteiger charge is -2.03. The van der Waals surface area contributed by atoms with Gasteiger partial charge in [0.2, 0.25) is 5.90 Å². The molecule has 0 aliphatic carbocycles. The van der Waals surface area contributed by atoms with Gasteiger partial charge in [-0.3, -0.25) is 0 Å². The molecule has 0 aromatic heterocycles. The van der Waals surface area contributed by atoms with Crippen LogP contribution in [0.5, 0.6) is 0 Å². The lowest BCUT2D eigenvalue weighted by molar-refractivity contribution is 0.320. The summed E-state index contributed by atoms with van der Waals surface area (Å²) < 4.78 is 5.65. The summed E-state index contributed by atoms with van der Waals surface area (Å²) in [6.07, 6.45) is 0. The SMILES string of the molecule is Clc1cccc(C2=N[C@H](c3ccccc3)CO2)c1. The Morgan fingerprint density at radius 2 is 1.89 bits per heavy atom. The number of benzene rings is 2. The fraction of sp³-hybridized carbons (Fsp3) is 0.133. The summed E-state index contributed by atoms with van der Waals surface area (Å²) in [4.78, 5) is 4.61. The van der Waals surface area contributed by atoms with Crippen LogP contribution in [0.4, 0.5) is 0 Å². The minimum atomic E-state index is 0.0835. The Morgan fingerprint density at radius 1 is 1.06 bits per heavy atom. The first-order valence-electron chi connectivity index (χ1n) is 5.84. The molecule has 1 atom stereocenters. The van der Waals surface area contributed by atoms with E-state index >= 15 is 0 Å². The van der Waals surface area contributed by atoms with Crippen molar-refractivity contribution in [3.05, 3.63) is 70.7 Å². The van der Waals surface area contributed by atoms with Gasteiger partial charge < -0.3 is 4.74 Å². The van der Waals surface area contributed by atoms with Crippen LogP contribution in [0.25, 0.3) is 0 Å². The molecule has 0 fully saturated rings. The molecule has 2 aromatic rings. The van der Waals surface area contributed by atoms with E-state index in [0.29, 0.717) is 17.5 Å². The van der Waals surface area contributed by atoms with Gasteiger partial charge in [0.05, 0.1) is 0 Å². The summed E-state index contributed by atoms with van der Waals surface area (Å²) in [7, 11) is 0. The molecule has 1 aliphatic heterocycles. The quantitative estimate of drug-likeness (QED) is 0.801. The maximum atomic E-state index is 5.97. The molecular weight excluding hydrogens is 246 g/mol. The first kappa shape index (κ1) is 11.3. The molecule has 3 rings (SSSR count). The zero-order valence-electron chi connectivity index (χ0n) is 9.71. The van der Waals surface area contributed by atoms with Crippen molar-refractivity contribution in [1.82, 2.24) is 0 Å². The van der Waals surface area contributed by atoms with E-state index in [4.69, 9.17) is 16.3 Å². The molecule has 0 spiro atoms. The van der Waals surface area contributed by atoms with Gasteiger partial charge >= 0.3 is 0 Å². The van der Waals surface area contributed by atoms with Gasteiger partial charge in [0.15, 0.2) is 0 Å². The van der Waals surface area contributed by atoms with Crippen LogP contribution >= 0.6 is 11.6 Å². The van der Waals surface area contributed by atoms with E-state index < -0.39 is 0 Å². The highest BCUT2D eigenvalue weighted by Gasteiger charge is 2.21. The zero-order chi connectivity index (χ0) is 12.4. The number of aliphatic imine (C=N–C) groups is 1. The molecule has 3 heteroatoms. The van der Waals surface area contributed by atoms with Crippen molar-refractivity contribution in [2.45, 2.75) is 6.04 Å². The Bertz CT molecular complexity index is 580. The summed E-state index contributed by atoms with van der Waals surface area (Å²) in [6.45, 7) is 0.589. The molecule has 1 heterocycles. The minimum absolute atomic E-state index is 0.0835. The number of hydrogen-bond donors (Lipinski definition) is 0. The van der Waals surface area contributed by atoms with Gasteiger partial charge in [0.25, 0.3) is 0 Å². The summed E-state index contributed by atoms with van der Waals surface area (Å²) >= 11 is 5.97. The van der Waals surface area contributed by atoms with E-state index in [1.807, 2.05) is 42.5 Å². The van der Waals surface area contributed by atoms with Crippen LogP contribution in [-0.2, 0) is 4.74 Å². The molecule has 0 saturated heterocycles. The van der Waals surface area contributed by atoms with E-state index in [9.17, 15) is 0 Å². The van der Waals surface area contributed by atoms with Crippen LogP contribution in [0.1, 0.15) is 17.2 Å². The normalized spacial score (nSPS) is 18.3. The van der Waals surface area contributed by atoms with Crippen molar-refractivity contribution in [1.29, 1.82) is 0 Å². The molecule has 0 unspecified atom stereocenters. The van der Waals surface area contributed by atoms with Gasteiger partial charge in [0.1, 0.15) is 12.6 Å². The summed E-state index contributed by atoms with van der Waals surface area (Å²) in [5.41, 5.74) is 2.11. The molecule has 18 heavy (non-hydrogen) atoms. The molecule has 0 N–H and O–H groups in total. The average molecular weight is 258 g/mol. The number of hydrogen-bond acceptors (Lipinski definition) is 2. The molecule has 0 radical (unpaired) electrons. The van der Waals surface area contributed by atoms with Gasteiger partial charge in [0, 0.05) is 10.6 Å². The van der Waals surface area contributed by atoms with Crippen molar-refractivity contribution < 1.29 is 4.74 Å². The summed E-state index contributed by atoms with van der Waals surface area (Å²) in [6, 6.07) is 17.8.